The summed E-state index contributed by atoms with van der Waals surface area (Å²) in [5.74, 6) is 0. The molecular weight excluding hydrogens is 320 g/mol. The van der Waals surface area contributed by atoms with Crippen molar-refractivity contribution in [3.63, 3.8) is 0 Å². The average molecular weight is 355 g/mol. The van der Waals surface area contributed by atoms with Gasteiger partial charge in [0, 0.05) is 17.5 Å². The number of likely N-dealkylation sites (N-methyl/N-ethyl adjacent to an activating group) is 1. The molecule has 1 aromatic heterocycles. The van der Waals surface area contributed by atoms with Crippen molar-refractivity contribution in [3.05, 3.63) is 22.4 Å². The fourth-order valence-corrected chi connectivity index (χ4v) is 3.45. The van der Waals surface area contributed by atoms with Gasteiger partial charge >= 0.3 is 6.03 Å². The van der Waals surface area contributed by atoms with Crippen LogP contribution in [0.5, 0.6) is 0 Å². The number of urea groups is 1. The predicted octanol–water partition coefficient (Wildman–Crippen LogP) is 3.02. The minimum Gasteiger partial charge on any atom is -0.336 e. The number of hydrogen-bond acceptors (Lipinski definition) is 4. The summed E-state index contributed by atoms with van der Waals surface area (Å²) in [6, 6.07) is 4.42. The van der Waals surface area contributed by atoms with Gasteiger partial charge in [-0.05, 0) is 58.0 Å². The first-order valence-electron chi connectivity index (χ1n) is 8.50. The highest BCUT2D eigenvalue weighted by Gasteiger charge is 2.26. The van der Waals surface area contributed by atoms with E-state index < -0.39 is 0 Å². The van der Waals surface area contributed by atoms with Gasteiger partial charge in [0.15, 0.2) is 0 Å². The lowest BCUT2D eigenvalue weighted by atomic mass is 9.84. The number of rotatable bonds is 8. The van der Waals surface area contributed by atoms with E-state index in [9.17, 15) is 4.79 Å². The van der Waals surface area contributed by atoms with E-state index >= 15 is 0 Å². The lowest BCUT2D eigenvalue weighted by molar-refractivity contribution is 0.203. The van der Waals surface area contributed by atoms with Gasteiger partial charge in [-0.2, -0.15) is 0 Å². The third-order valence-corrected chi connectivity index (χ3v) is 5.14. The third kappa shape index (κ3) is 7.20. The number of hydrogen-bond donors (Lipinski definition) is 2. The maximum atomic E-state index is 12.4. The predicted molar refractivity (Wildman–Crippen MR) is 104 cm³/mol. The topological polar surface area (TPSA) is 47.6 Å². The zero-order chi connectivity index (χ0) is 18.3. The van der Waals surface area contributed by atoms with E-state index in [0.29, 0.717) is 6.54 Å². The Balaban J connectivity index is 2.58. The van der Waals surface area contributed by atoms with Crippen LogP contribution in [-0.2, 0) is 0 Å². The highest BCUT2D eigenvalue weighted by Crippen LogP contribution is 2.23. The van der Waals surface area contributed by atoms with Crippen LogP contribution in [0.2, 0.25) is 0 Å². The van der Waals surface area contributed by atoms with E-state index in [0.717, 1.165) is 13.0 Å². The number of carbonyl (C=O) groups is 1. The molecule has 0 spiro atoms. The summed E-state index contributed by atoms with van der Waals surface area (Å²) in [5.41, 5.74) is 0.0298. The van der Waals surface area contributed by atoms with E-state index in [4.69, 9.17) is 0 Å². The Morgan fingerprint density at radius 1 is 1.25 bits per heavy atom. The zero-order valence-corrected chi connectivity index (χ0v) is 17.0. The molecular formula is C18H34N4OS. The van der Waals surface area contributed by atoms with Gasteiger partial charge < -0.3 is 20.4 Å². The van der Waals surface area contributed by atoms with Crippen molar-refractivity contribution in [3.8, 4) is 0 Å². The van der Waals surface area contributed by atoms with Crippen molar-refractivity contribution in [2.75, 3.05) is 41.3 Å². The molecule has 0 aliphatic carbocycles. The lowest BCUT2D eigenvalue weighted by Gasteiger charge is -2.33. The SMILES string of the molecule is CN(C)CC[C@H](NC(=O)NC[C@@H](c1cccs1)N(C)C)C(C)(C)C. The fourth-order valence-electron chi connectivity index (χ4n) is 2.53. The maximum Gasteiger partial charge on any atom is 0.315 e. The third-order valence-electron chi connectivity index (χ3n) is 4.17. The molecule has 1 aromatic rings. The van der Waals surface area contributed by atoms with Gasteiger partial charge in [0.1, 0.15) is 0 Å². The molecule has 0 bridgehead atoms. The van der Waals surface area contributed by atoms with E-state index in [1.807, 2.05) is 20.2 Å². The van der Waals surface area contributed by atoms with Gasteiger partial charge in [-0.3, -0.25) is 0 Å². The molecule has 2 N–H and O–H groups in total. The summed E-state index contributed by atoms with van der Waals surface area (Å²) in [4.78, 5) is 17.9. The minimum absolute atomic E-state index is 0.0298. The Bertz CT molecular complexity index is 480. The molecule has 138 valence electrons. The summed E-state index contributed by atoms with van der Waals surface area (Å²) in [5, 5.41) is 8.28. The number of thiophene rings is 1. The number of nitrogens with one attached hydrogen (secondary N) is 2. The first-order valence-corrected chi connectivity index (χ1v) is 9.38. The second kappa shape index (κ2) is 9.39. The standard InChI is InChI=1S/C18H34N4OS/c1-18(2,3)16(10-11-21(4)5)20-17(23)19-13-14(22(6)7)15-9-8-12-24-15/h8-9,12,14,16H,10-11,13H2,1-7H3,(H2,19,20,23)/t14-,16-/m0/s1. The molecule has 1 rings (SSSR count). The summed E-state index contributed by atoms with van der Waals surface area (Å²) < 4.78 is 0. The second-order valence-corrected chi connectivity index (χ2v) is 8.84. The number of nitrogens with zero attached hydrogens (tertiary/aromatic N) is 2. The fraction of sp³-hybridized carbons (Fsp3) is 0.722. The summed E-state index contributed by atoms with van der Waals surface area (Å²) in [6.07, 6.45) is 0.936. The molecule has 6 heteroatoms. The van der Waals surface area contributed by atoms with Gasteiger partial charge in [0.25, 0.3) is 0 Å². The number of carbonyl (C=O) groups excluding carboxylic acids is 1. The van der Waals surface area contributed by atoms with Crippen LogP contribution in [0.4, 0.5) is 4.79 Å². The molecule has 0 aromatic carbocycles. The van der Waals surface area contributed by atoms with E-state index in [1.54, 1.807) is 11.3 Å². The van der Waals surface area contributed by atoms with Crippen LogP contribution < -0.4 is 10.6 Å². The first kappa shape index (κ1) is 20.9. The van der Waals surface area contributed by atoms with Crippen LogP contribution in [0.25, 0.3) is 0 Å². The summed E-state index contributed by atoms with van der Waals surface area (Å²) >= 11 is 1.72. The quantitative estimate of drug-likeness (QED) is 0.754. The van der Waals surface area contributed by atoms with Crippen LogP contribution >= 0.6 is 11.3 Å². The summed E-state index contributed by atoms with van der Waals surface area (Å²) in [6.45, 7) is 8.06. The molecule has 2 amide bonds. The molecule has 2 atom stereocenters. The van der Waals surface area contributed by atoms with Crippen molar-refractivity contribution in [1.82, 2.24) is 20.4 Å². The second-order valence-electron chi connectivity index (χ2n) is 7.86. The Labute approximate surface area is 151 Å². The van der Waals surface area contributed by atoms with Crippen LogP contribution in [0.1, 0.15) is 38.1 Å². The molecule has 0 saturated carbocycles. The molecule has 0 aliphatic heterocycles. The highest BCUT2D eigenvalue weighted by atomic mass is 32.1. The zero-order valence-electron chi connectivity index (χ0n) is 16.2. The highest BCUT2D eigenvalue weighted by molar-refractivity contribution is 7.10. The normalized spacial score (nSPS) is 14.7. The Morgan fingerprint density at radius 3 is 2.38 bits per heavy atom. The van der Waals surface area contributed by atoms with Crippen LogP contribution in [-0.4, -0.2) is 63.2 Å². The van der Waals surface area contributed by atoms with Crippen molar-refractivity contribution in [2.45, 2.75) is 39.3 Å². The first-order chi connectivity index (χ1) is 11.1. The largest absolute Gasteiger partial charge is 0.336 e. The van der Waals surface area contributed by atoms with Gasteiger partial charge in [-0.1, -0.05) is 26.8 Å². The van der Waals surface area contributed by atoms with Crippen LogP contribution in [0, 0.1) is 5.41 Å². The van der Waals surface area contributed by atoms with Gasteiger partial charge in [-0.25, -0.2) is 4.79 Å². The maximum absolute atomic E-state index is 12.4. The number of amides is 2. The van der Waals surface area contributed by atoms with Crippen molar-refractivity contribution < 1.29 is 4.79 Å². The lowest BCUT2D eigenvalue weighted by Crippen LogP contribution is -2.50. The Hall–Kier alpha value is -1.11. The molecule has 0 aliphatic rings. The van der Waals surface area contributed by atoms with E-state index in [-0.39, 0.29) is 23.5 Å². The Morgan fingerprint density at radius 2 is 1.92 bits per heavy atom. The minimum atomic E-state index is -0.0860. The van der Waals surface area contributed by atoms with E-state index in [2.05, 4.69) is 66.7 Å². The van der Waals surface area contributed by atoms with E-state index in [1.165, 1.54) is 4.88 Å². The molecule has 0 unspecified atom stereocenters. The smallest absolute Gasteiger partial charge is 0.315 e. The Kier molecular flexibility index (Phi) is 8.19. The van der Waals surface area contributed by atoms with Gasteiger partial charge in [0.2, 0.25) is 0 Å². The van der Waals surface area contributed by atoms with Gasteiger partial charge in [-0.15, -0.1) is 11.3 Å². The average Bonchev–Trinajstić information content (AvgIpc) is 2.95. The van der Waals surface area contributed by atoms with Crippen molar-refractivity contribution in [1.29, 1.82) is 0 Å². The monoisotopic (exact) mass is 354 g/mol. The van der Waals surface area contributed by atoms with Crippen LogP contribution in [0.3, 0.4) is 0 Å². The molecule has 0 radical (unpaired) electrons. The molecule has 0 fully saturated rings. The van der Waals surface area contributed by atoms with Crippen molar-refractivity contribution in [2.24, 2.45) is 5.41 Å². The van der Waals surface area contributed by atoms with Crippen LogP contribution in [0.15, 0.2) is 17.5 Å². The molecule has 1 heterocycles. The molecule has 0 saturated heterocycles. The van der Waals surface area contributed by atoms with Gasteiger partial charge in [0.05, 0.1) is 6.04 Å². The molecule has 24 heavy (non-hydrogen) atoms. The molecule has 5 nitrogen and oxygen atoms in total. The summed E-state index contributed by atoms with van der Waals surface area (Å²) in [7, 11) is 8.20. The van der Waals surface area contributed by atoms with Crippen molar-refractivity contribution >= 4 is 17.4 Å².